The highest BCUT2D eigenvalue weighted by Crippen LogP contribution is 2.32. The number of nitrogens with one attached hydrogen (secondary N) is 2. The molecular weight excluding hydrogens is 290 g/mol. The number of nitriles is 1. The molecule has 0 aromatic heterocycles. The van der Waals surface area contributed by atoms with Gasteiger partial charge in [0.1, 0.15) is 18.2 Å². The Balaban J connectivity index is 1.91. The predicted octanol–water partition coefficient (Wildman–Crippen LogP) is 0.113. The van der Waals surface area contributed by atoms with Crippen LogP contribution < -0.4 is 20.1 Å². The minimum absolute atomic E-state index is 0.168. The zero-order chi connectivity index (χ0) is 15.9. The number of aliphatic carboxylic acids is 1. The van der Waals surface area contributed by atoms with E-state index in [-0.39, 0.29) is 25.5 Å². The number of hydrogen-bond acceptors (Lipinski definition) is 6. The Morgan fingerprint density at radius 3 is 2.86 bits per heavy atom. The summed E-state index contributed by atoms with van der Waals surface area (Å²) >= 11 is 0. The van der Waals surface area contributed by atoms with E-state index in [0.29, 0.717) is 11.5 Å². The van der Waals surface area contributed by atoms with Gasteiger partial charge in [0.25, 0.3) is 5.91 Å². The van der Waals surface area contributed by atoms with Crippen LogP contribution in [0.2, 0.25) is 0 Å². The van der Waals surface area contributed by atoms with Gasteiger partial charge in [0.05, 0.1) is 0 Å². The van der Waals surface area contributed by atoms with Gasteiger partial charge in [-0.2, -0.15) is 5.26 Å². The molecule has 0 unspecified atom stereocenters. The molecule has 1 aromatic carbocycles. The maximum atomic E-state index is 11.8. The van der Waals surface area contributed by atoms with Crippen molar-refractivity contribution in [1.29, 1.82) is 5.26 Å². The Morgan fingerprint density at radius 1 is 1.36 bits per heavy atom. The zero-order valence-electron chi connectivity index (χ0n) is 11.5. The number of fused-ring (bicyclic) bond motifs is 1. The van der Waals surface area contributed by atoms with Crippen molar-refractivity contribution in [3.05, 3.63) is 35.5 Å². The molecule has 0 radical (unpaired) electrons. The molecule has 1 aliphatic rings. The molecule has 3 N–H and O–H groups in total. The number of amides is 1. The lowest BCUT2D eigenvalue weighted by Crippen LogP contribution is -2.26. The predicted molar refractivity (Wildman–Crippen MR) is 73.7 cm³/mol. The Labute approximate surface area is 125 Å². The first kappa shape index (κ1) is 15.2. The van der Waals surface area contributed by atoms with E-state index in [2.05, 4.69) is 10.6 Å². The first-order valence-electron chi connectivity index (χ1n) is 6.32. The van der Waals surface area contributed by atoms with E-state index in [1.54, 1.807) is 24.3 Å². The molecule has 0 spiro atoms. The fourth-order valence-corrected chi connectivity index (χ4v) is 1.72. The van der Waals surface area contributed by atoms with Gasteiger partial charge in [0, 0.05) is 12.7 Å². The van der Waals surface area contributed by atoms with E-state index >= 15 is 0 Å². The Morgan fingerprint density at radius 2 is 2.14 bits per heavy atom. The van der Waals surface area contributed by atoms with Gasteiger partial charge in [-0.05, 0) is 17.7 Å². The highest BCUT2D eigenvalue weighted by molar-refractivity contribution is 5.97. The van der Waals surface area contributed by atoms with E-state index < -0.39 is 11.9 Å². The van der Waals surface area contributed by atoms with Crippen LogP contribution in [0.5, 0.6) is 11.5 Å². The zero-order valence-corrected chi connectivity index (χ0v) is 11.5. The summed E-state index contributed by atoms with van der Waals surface area (Å²) in [6.07, 6.45) is 1.07. The van der Waals surface area contributed by atoms with Crippen LogP contribution >= 0.6 is 0 Å². The Hall–Kier alpha value is -3.21. The van der Waals surface area contributed by atoms with Gasteiger partial charge >= 0.3 is 5.97 Å². The molecule has 22 heavy (non-hydrogen) atoms. The lowest BCUT2D eigenvalue weighted by atomic mass is 10.2. The lowest BCUT2D eigenvalue weighted by molar-refractivity contribution is -0.135. The summed E-state index contributed by atoms with van der Waals surface area (Å²) < 4.78 is 10.4. The first-order chi connectivity index (χ1) is 10.6. The van der Waals surface area contributed by atoms with Gasteiger partial charge < -0.3 is 25.2 Å². The number of benzene rings is 1. The fourth-order valence-electron chi connectivity index (χ4n) is 1.72. The summed E-state index contributed by atoms with van der Waals surface area (Å²) in [4.78, 5) is 22.2. The van der Waals surface area contributed by atoms with Crippen LogP contribution in [0.25, 0.3) is 0 Å². The van der Waals surface area contributed by atoms with Crippen molar-refractivity contribution in [2.75, 3.05) is 13.3 Å². The minimum Gasteiger partial charge on any atom is -0.480 e. The molecule has 0 atom stereocenters. The largest absolute Gasteiger partial charge is 0.480 e. The van der Waals surface area contributed by atoms with Crippen LogP contribution in [0.1, 0.15) is 5.56 Å². The molecule has 1 amide bonds. The number of hydrogen-bond donors (Lipinski definition) is 3. The average molecular weight is 303 g/mol. The van der Waals surface area contributed by atoms with Gasteiger partial charge in [0.2, 0.25) is 6.79 Å². The molecule has 0 bridgehead atoms. The minimum atomic E-state index is -1.09. The second kappa shape index (κ2) is 6.99. The number of carboxylic acid groups (broad SMARTS) is 1. The molecule has 1 heterocycles. The number of carbonyl (C=O) groups excluding carboxylic acids is 1. The van der Waals surface area contributed by atoms with Crippen molar-refractivity contribution in [2.24, 2.45) is 0 Å². The van der Waals surface area contributed by atoms with Crippen molar-refractivity contribution in [3.8, 4) is 17.6 Å². The van der Waals surface area contributed by atoms with Gasteiger partial charge in [-0.15, -0.1) is 0 Å². The van der Waals surface area contributed by atoms with Gasteiger partial charge in [-0.25, -0.2) is 0 Å². The fraction of sp³-hybridized carbons (Fsp3) is 0.214. The topological polar surface area (TPSA) is 121 Å². The van der Waals surface area contributed by atoms with Crippen LogP contribution in [-0.2, 0) is 16.1 Å². The molecule has 8 heteroatoms. The maximum Gasteiger partial charge on any atom is 0.322 e. The van der Waals surface area contributed by atoms with E-state index in [4.69, 9.17) is 19.8 Å². The van der Waals surface area contributed by atoms with Gasteiger partial charge in [-0.3, -0.25) is 9.59 Å². The third-order valence-corrected chi connectivity index (χ3v) is 2.75. The maximum absolute atomic E-state index is 11.8. The molecule has 114 valence electrons. The molecule has 0 aliphatic carbocycles. The standard InChI is InChI=1S/C14H13N3O5/c15-4-10(6-16-7-13(18)19)14(20)17-5-9-1-2-11-12(3-9)22-8-21-11/h1-3,6,16H,5,7-8H2,(H,17,20)(H,18,19)/b10-6-. The number of rotatable bonds is 6. The molecule has 0 saturated carbocycles. The van der Waals surface area contributed by atoms with Crippen LogP contribution in [0.15, 0.2) is 30.0 Å². The molecule has 1 aliphatic heterocycles. The highest BCUT2D eigenvalue weighted by Gasteiger charge is 2.14. The second-order valence-electron chi connectivity index (χ2n) is 4.31. The van der Waals surface area contributed by atoms with Crippen LogP contribution in [0, 0.1) is 11.3 Å². The number of ether oxygens (including phenoxy) is 2. The molecular formula is C14H13N3O5. The van der Waals surface area contributed by atoms with E-state index in [9.17, 15) is 9.59 Å². The third kappa shape index (κ3) is 3.89. The average Bonchev–Trinajstić information content (AvgIpc) is 2.96. The highest BCUT2D eigenvalue weighted by atomic mass is 16.7. The number of carbonyl (C=O) groups is 2. The molecule has 0 saturated heterocycles. The Bertz CT molecular complexity index is 663. The van der Waals surface area contributed by atoms with Crippen molar-refractivity contribution in [2.45, 2.75) is 6.54 Å². The number of carboxylic acids is 1. The van der Waals surface area contributed by atoms with Crippen molar-refractivity contribution in [1.82, 2.24) is 10.6 Å². The first-order valence-corrected chi connectivity index (χ1v) is 6.32. The van der Waals surface area contributed by atoms with Crippen LogP contribution in [0.4, 0.5) is 0 Å². The molecule has 2 rings (SSSR count). The summed E-state index contributed by atoms with van der Waals surface area (Å²) in [6, 6.07) is 6.95. The summed E-state index contributed by atoms with van der Waals surface area (Å²) in [5.74, 6) is -0.441. The second-order valence-corrected chi connectivity index (χ2v) is 4.31. The SMILES string of the molecule is N#C/C(=C/NCC(=O)O)C(=O)NCc1ccc2c(c1)OCO2. The van der Waals surface area contributed by atoms with Crippen molar-refractivity contribution >= 4 is 11.9 Å². The quantitative estimate of drug-likeness (QED) is 0.504. The summed E-state index contributed by atoms with van der Waals surface area (Å²) in [5.41, 5.74) is 0.579. The van der Waals surface area contributed by atoms with Gasteiger partial charge in [0.15, 0.2) is 11.5 Å². The normalized spacial score (nSPS) is 12.4. The number of nitrogens with zero attached hydrogens (tertiary/aromatic N) is 1. The smallest absolute Gasteiger partial charge is 0.322 e. The van der Waals surface area contributed by atoms with Crippen LogP contribution in [0.3, 0.4) is 0 Å². The van der Waals surface area contributed by atoms with E-state index in [1.807, 2.05) is 0 Å². The summed E-state index contributed by atoms with van der Waals surface area (Å²) in [5, 5.41) is 22.3. The molecule has 0 fully saturated rings. The van der Waals surface area contributed by atoms with Crippen LogP contribution in [-0.4, -0.2) is 30.3 Å². The van der Waals surface area contributed by atoms with Crippen molar-refractivity contribution in [3.63, 3.8) is 0 Å². The van der Waals surface area contributed by atoms with E-state index in [0.717, 1.165) is 11.8 Å². The lowest BCUT2D eigenvalue weighted by Gasteiger charge is -2.06. The molecule has 1 aromatic rings. The summed E-state index contributed by atoms with van der Waals surface area (Å²) in [6.45, 7) is -0.00421. The van der Waals surface area contributed by atoms with E-state index in [1.165, 1.54) is 0 Å². The monoisotopic (exact) mass is 303 g/mol. The third-order valence-electron chi connectivity index (χ3n) is 2.75. The summed E-state index contributed by atoms with van der Waals surface area (Å²) in [7, 11) is 0. The molecule has 8 nitrogen and oxygen atoms in total. The van der Waals surface area contributed by atoms with Crippen molar-refractivity contribution < 1.29 is 24.2 Å². The Kier molecular flexibility index (Phi) is 4.82. The van der Waals surface area contributed by atoms with Gasteiger partial charge in [-0.1, -0.05) is 6.07 Å².